The molecule has 5 nitrogen and oxygen atoms in total. The lowest BCUT2D eigenvalue weighted by atomic mass is 10.0. The Morgan fingerprint density at radius 3 is 2.75 bits per heavy atom. The highest BCUT2D eigenvalue weighted by Gasteiger charge is 2.17. The fourth-order valence-corrected chi connectivity index (χ4v) is 1.78. The van der Waals surface area contributed by atoms with Crippen molar-refractivity contribution in [3.8, 4) is 5.75 Å². The minimum atomic E-state index is -0.572. The van der Waals surface area contributed by atoms with Crippen LogP contribution in [0.2, 0.25) is 0 Å². The van der Waals surface area contributed by atoms with Gasteiger partial charge in [0.15, 0.2) is 6.10 Å². The monoisotopic (exact) mass is 280 g/mol. The number of hydrogen-bond acceptors (Lipinski definition) is 4. The first-order valence-corrected chi connectivity index (χ1v) is 6.88. The number of nitrogens with one attached hydrogen (secondary N) is 1. The smallest absolute Gasteiger partial charge is 0.260 e. The summed E-state index contributed by atoms with van der Waals surface area (Å²) in [5.74, 6) is 0.498. The SMILES string of the molecule is CC[C@@H](N)c1ccccc1OC(C)C(=O)NCCOC. The van der Waals surface area contributed by atoms with E-state index in [4.69, 9.17) is 15.2 Å². The summed E-state index contributed by atoms with van der Waals surface area (Å²) < 4.78 is 10.6. The average Bonchev–Trinajstić information content (AvgIpc) is 2.47. The summed E-state index contributed by atoms with van der Waals surface area (Å²) in [5.41, 5.74) is 6.97. The lowest BCUT2D eigenvalue weighted by molar-refractivity contribution is -0.127. The molecule has 0 aliphatic heterocycles. The number of para-hydroxylation sites is 1. The lowest BCUT2D eigenvalue weighted by Gasteiger charge is -2.19. The molecular weight excluding hydrogens is 256 g/mol. The molecular formula is C15H24N2O3. The summed E-state index contributed by atoms with van der Waals surface area (Å²) >= 11 is 0. The first-order chi connectivity index (χ1) is 9.60. The van der Waals surface area contributed by atoms with Gasteiger partial charge in [-0.15, -0.1) is 0 Å². The fraction of sp³-hybridized carbons (Fsp3) is 0.533. The Bertz CT molecular complexity index is 423. The van der Waals surface area contributed by atoms with Crippen molar-refractivity contribution < 1.29 is 14.3 Å². The first-order valence-electron chi connectivity index (χ1n) is 6.88. The van der Waals surface area contributed by atoms with Crippen LogP contribution >= 0.6 is 0 Å². The van der Waals surface area contributed by atoms with E-state index in [1.165, 1.54) is 0 Å². The molecule has 0 aliphatic carbocycles. The van der Waals surface area contributed by atoms with E-state index >= 15 is 0 Å². The van der Waals surface area contributed by atoms with Crippen molar-refractivity contribution in [2.45, 2.75) is 32.4 Å². The van der Waals surface area contributed by atoms with Gasteiger partial charge in [-0.05, 0) is 19.4 Å². The van der Waals surface area contributed by atoms with Gasteiger partial charge >= 0.3 is 0 Å². The van der Waals surface area contributed by atoms with Gasteiger partial charge in [-0.3, -0.25) is 4.79 Å². The number of carbonyl (C=O) groups excluding carboxylic acids is 1. The van der Waals surface area contributed by atoms with Gasteiger partial charge in [-0.1, -0.05) is 25.1 Å². The summed E-state index contributed by atoms with van der Waals surface area (Å²) in [6.45, 7) is 4.69. The molecule has 0 aliphatic rings. The van der Waals surface area contributed by atoms with Crippen LogP contribution in [0, 0.1) is 0 Å². The number of carbonyl (C=O) groups is 1. The van der Waals surface area contributed by atoms with Gasteiger partial charge in [-0.25, -0.2) is 0 Å². The molecule has 1 aromatic rings. The highest BCUT2D eigenvalue weighted by Crippen LogP contribution is 2.26. The van der Waals surface area contributed by atoms with Crippen LogP contribution in [0.4, 0.5) is 0 Å². The molecule has 0 aromatic heterocycles. The number of amides is 1. The molecule has 0 fully saturated rings. The van der Waals surface area contributed by atoms with E-state index in [0.717, 1.165) is 12.0 Å². The Labute approximate surface area is 120 Å². The zero-order valence-corrected chi connectivity index (χ0v) is 12.4. The van der Waals surface area contributed by atoms with Gasteiger partial charge < -0.3 is 20.5 Å². The summed E-state index contributed by atoms with van der Waals surface area (Å²) in [5, 5.41) is 2.75. The molecule has 1 aromatic carbocycles. The topological polar surface area (TPSA) is 73.6 Å². The number of ether oxygens (including phenoxy) is 2. The molecule has 0 bridgehead atoms. The molecule has 5 heteroatoms. The summed E-state index contributed by atoms with van der Waals surface area (Å²) in [6, 6.07) is 7.47. The van der Waals surface area contributed by atoms with Gasteiger partial charge in [0.05, 0.1) is 6.61 Å². The molecule has 20 heavy (non-hydrogen) atoms. The minimum Gasteiger partial charge on any atom is -0.481 e. The molecule has 2 atom stereocenters. The molecule has 1 unspecified atom stereocenters. The van der Waals surface area contributed by atoms with E-state index in [1.807, 2.05) is 31.2 Å². The molecule has 1 rings (SSSR count). The molecule has 0 spiro atoms. The van der Waals surface area contributed by atoms with E-state index in [-0.39, 0.29) is 11.9 Å². The van der Waals surface area contributed by atoms with Crippen molar-refractivity contribution in [2.24, 2.45) is 5.73 Å². The molecule has 0 radical (unpaired) electrons. The molecule has 0 saturated heterocycles. The van der Waals surface area contributed by atoms with Crippen LogP contribution in [0.3, 0.4) is 0 Å². The number of hydrogen-bond donors (Lipinski definition) is 2. The Balaban J connectivity index is 2.65. The van der Waals surface area contributed by atoms with E-state index in [1.54, 1.807) is 14.0 Å². The van der Waals surface area contributed by atoms with Crippen LogP contribution in [-0.2, 0) is 9.53 Å². The van der Waals surface area contributed by atoms with E-state index in [2.05, 4.69) is 5.32 Å². The maximum absolute atomic E-state index is 11.8. The normalized spacial score (nSPS) is 13.6. The predicted molar refractivity (Wildman–Crippen MR) is 78.6 cm³/mol. The van der Waals surface area contributed by atoms with Crippen molar-refractivity contribution >= 4 is 5.91 Å². The maximum Gasteiger partial charge on any atom is 0.260 e. The van der Waals surface area contributed by atoms with Crippen LogP contribution in [0.1, 0.15) is 31.9 Å². The largest absolute Gasteiger partial charge is 0.481 e. The van der Waals surface area contributed by atoms with Gasteiger partial charge in [0.1, 0.15) is 5.75 Å². The van der Waals surface area contributed by atoms with Gasteiger partial charge in [-0.2, -0.15) is 0 Å². The van der Waals surface area contributed by atoms with E-state index < -0.39 is 6.10 Å². The molecule has 0 saturated carbocycles. The van der Waals surface area contributed by atoms with Crippen molar-refractivity contribution in [3.05, 3.63) is 29.8 Å². The predicted octanol–water partition coefficient (Wildman–Crippen LogP) is 1.63. The third-order valence-corrected chi connectivity index (χ3v) is 3.04. The van der Waals surface area contributed by atoms with Crippen LogP contribution in [-0.4, -0.2) is 32.3 Å². The van der Waals surface area contributed by atoms with Gasteiger partial charge in [0.2, 0.25) is 0 Å². The Morgan fingerprint density at radius 2 is 2.10 bits per heavy atom. The zero-order chi connectivity index (χ0) is 15.0. The van der Waals surface area contributed by atoms with E-state index in [0.29, 0.717) is 18.9 Å². The quantitative estimate of drug-likeness (QED) is 0.710. The number of nitrogens with two attached hydrogens (primary N) is 1. The third-order valence-electron chi connectivity index (χ3n) is 3.04. The van der Waals surface area contributed by atoms with Gasteiger partial charge in [0, 0.05) is 25.3 Å². The Hall–Kier alpha value is -1.59. The second kappa shape index (κ2) is 8.55. The highest BCUT2D eigenvalue weighted by molar-refractivity contribution is 5.80. The van der Waals surface area contributed by atoms with Crippen LogP contribution in [0.25, 0.3) is 0 Å². The van der Waals surface area contributed by atoms with Gasteiger partial charge in [0.25, 0.3) is 5.91 Å². The van der Waals surface area contributed by atoms with Crippen molar-refractivity contribution in [1.29, 1.82) is 0 Å². The minimum absolute atomic E-state index is 0.0880. The number of benzene rings is 1. The average molecular weight is 280 g/mol. The highest BCUT2D eigenvalue weighted by atomic mass is 16.5. The van der Waals surface area contributed by atoms with Crippen LogP contribution in [0.5, 0.6) is 5.75 Å². The molecule has 3 N–H and O–H groups in total. The van der Waals surface area contributed by atoms with Crippen LogP contribution < -0.4 is 15.8 Å². The maximum atomic E-state index is 11.8. The molecule has 112 valence electrons. The Morgan fingerprint density at radius 1 is 1.40 bits per heavy atom. The first kappa shape index (κ1) is 16.5. The fourth-order valence-electron chi connectivity index (χ4n) is 1.78. The Kier molecular flexibility index (Phi) is 7.04. The van der Waals surface area contributed by atoms with Crippen molar-refractivity contribution in [2.75, 3.05) is 20.3 Å². The lowest BCUT2D eigenvalue weighted by Crippen LogP contribution is -2.38. The summed E-state index contributed by atoms with van der Waals surface area (Å²) in [4.78, 5) is 11.8. The second-order valence-corrected chi connectivity index (χ2v) is 4.60. The van der Waals surface area contributed by atoms with E-state index in [9.17, 15) is 4.79 Å². The summed E-state index contributed by atoms with van der Waals surface area (Å²) in [7, 11) is 1.59. The van der Waals surface area contributed by atoms with Crippen molar-refractivity contribution in [3.63, 3.8) is 0 Å². The number of methoxy groups -OCH3 is 1. The molecule has 1 amide bonds. The molecule has 0 heterocycles. The standard InChI is InChI=1S/C15H24N2O3/c1-4-13(16)12-7-5-6-8-14(12)20-11(2)15(18)17-9-10-19-3/h5-8,11,13H,4,9-10,16H2,1-3H3,(H,17,18)/t11?,13-/m1/s1. The third kappa shape index (κ3) is 4.83. The zero-order valence-electron chi connectivity index (χ0n) is 12.4. The second-order valence-electron chi connectivity index (χ2n) is 4.60. The van der Waals surface area contributed by atoms with Crippen molar-refractivity contribution in [1.82, 2.24) is 5.32 Å². The van der Waals surface area contributed by atoms with Crippen LogP contribution in [0.15, 0.2) is 24.3 Å². The number of rotatable bonds is 8. The summed E-state index contributed by atoms with van der Waals surface area (Å²) in [6.07, 6.45) is 0.242.